The molecule has 0 radical (unpaired) electrons. The Bertz CT molecular complexity index is 4130. The largest absolute Gasteiger partial charge is 0.309 e. The number of hydrogen-bond donors (Lipinski definition) is 0. The molecule has 0 atom stereocenters. The van der Waals surface area contributed by atoms with E-state index in [0.717, 1.165) is 16.9 Å². The van der Waals surface area contributed by atoms with E-state index in [-0.39, 0.29) is 0 Å². The molecule has 0 spiro atoms. The fourth-order valence-corrected chi connectivity index (χ4v) is 17.1. The molecule has 0 aliphatic heterocycles. The summed E-state index contributed by atoms with van der Waals surface area (Å²) < 4.78 is 7.69. The highest BCUT2D eigenvalue weighted by molar-refractivity contribution is 7.21. The molecule has 70 heavy (non-hydrogen) atoms. The van der Waals surface area contributed by atoms with Crippen molar-refractivity contribution >= 4 is 94.2 Å². The Morgan fingerprint density at radius 2 is 0.686 bits per heavy atom. The molecule has 0 saturated heterocycles. The van der Waals surface area contributed by atoms with Crippen LogP contribution in [-0.4, -0.2) is 21.8 Å². The van der Waals surface area contributed by atoms with Gasteiger partial charge < -0.3 is 13.7 Å². The van der Waals surface area contributed by atoms with Crippen LogP contribution in [0.2, 0.25) is 0 Å². The zero-order chi connectivity index (χ0) is 46.2. The molecule has 3 heterocycles. The number of nitrogens with zero attached hydrogens (tertiary/aromatic N) is 3. The van der Waals surface area contributed by atoms with Gasteiger partial charge >= 0.3 is 0 Å². The van der Waals surface area contributed by atoms with E-state index in [1.165, 1.54) is 97.5 Å². The Hall–Kier alpha value is -8.96. The van der Waals surface area contributed by atoms with Crippen molar-refractivity contribution in [1.29, 1.82) is 0 Å². The smallest absolute Gasteiger partial charge is 0.184 e. The normalized spacial score (nSPS) is 12.0. The van der Waals surface area contributed by atoms with Gasteiger partial charge in [0.05, 0.1) is 38.8 Å². The molecule has 14 aromatic rings. The molecule has 11 aromatic carbocycles. The van der Waals surface area contributed by atoms with Crippen LogP contribution in [0, 0.1) is 0 Å². The summed E-state index contributed by atoms with van der Waals surface area (Å²) in [4.78, 5) is 0. The van der Waals surface area contributed by atoms with Crippen molar-refractivity contribution in [2.75, 3.05) is 0 Å². The van der Waals surface area contributed by atoms with Crippen LogP contribution in [0.3, 0.4) is 0 Å². The van der Waals surface area contributed by atoms with Crippen LogP contribution in [-0.2, 0) is 0 Å². The Kier molecular flexibility index (Phi) is 9.23. The third-order valence-electron chi connectivity index (χ3n) is 14.8. The van der Waals surface area contributed by atoms with Crippen LogP contribution in [0.5, 0.6) is 0 Å². The van der Waals surface area contributed by atoms with Gasteiger partial charge in [-0.25, -0.2) is 0 Å². The Morgan fingerprint density at radius 3 is 1.26 bits per heavy atom. The monoisotopic (exact) mass is 907 g/mol. The Morgan fingerprint density at radius 1 is 0.257 bits per heavy atom. The van der Waals surface area contributed by atoms with Crippen molar-refractivity contribution in [1.82, 2.24) is 13.7 Å². The van der Waals surface area contributed by atoms with Gasteiger partial charge in [-0.05, 0) is 81.3 Å². The summed E-state index contributed by atoms with van der Waals surface area (Å²) in [6.07, 6.45) is 0. The van der Waals surface area contributed by atoms with Gasteiger partial charge in [0.15, 0.2) is 8.07 Å². The van der Waals surface area contributed by atoms with Crippen molar-refractivity contribution in [3.63, 3.8) is 0 Å². The lowest BCUT2D eigenvalue weighted by molar-refractivity contribution is 1.16. The average Bonchev–Trinajstić information content (AvgIpc) is 4.09. The number of fused-ring (bicyclic) bond motifs is 9. The molecule has 3 nitrogen and oxygen atoms in total. The van der Waals surface area contributed by atoms with E-state index >= 15 is 0 Å². The molecule has 328 valence electrons. The molecule has 14 rings (SSSR count). The summed E-state index contributed by atoms with van der Waals surface area (Å²) >= 11 is 0. The van der Waals surface area contributed by atoms with E-state index in [1.54, 1.807) is 0 Å². The highest BCUT2D eigenvalue weighted by Gasteiger charge is 2.46. The summed E-state index contributed by atoms with van der Waals surface area (Å²) in [6, 6.07) is 102. The fraction of sp³-hybridized carbons (Fsp3) is 0. The molecule has 0 aliphatic rings. The minimum Gasteiger partial charge on any atom is -0.309 e. The fourth-order valence-electron chi connectivity index (χ4n) is 12.0. The summed E-state index contributed by atoms with van der Waals surface area (Å²) in [7, 11) is -3.32. The lowest BCUT2D eigenvalue weighted by Crippen LogP contribution is -2.75. The van der Waals surface area contributed by atoms with Gasteiger partial charge in [-0.2, -0.15) is 0 Å². The molecule has 0 bridgehead atoms. The van der Waals surface area contributed by atoms with Crippen LogP contribution < -0.4 is 20.7 Å². The molecule has 0 fully saturated rings. The molecule has 0 amide bonds. The Balaban J connectivity index is 1.21. The van der Waals surface area contributed by atoms with Crippen LogP contribution in [0.25, 0.3) is 93.6 Å². The number of aromatic nitrogens is 3. The molecular formula is C66H45N3Si. The highest BCUT2D eigenvalue weighted by Crippen LogP contribution is 2.42. The van der Waals surface area contributed by atoms with E-state index in [0.29, 0.717) is 0 Å². The Labute approximate surface area is 407 Å². The van der Waals surface area contributed by atoms with Crippen molar-refractivity contribution in [2.45, 2.75) is 0 Å². The van der Waals surface area contributed by atoms with Crippen LogP contribution in [0.4, 0.5) is 0 Å². The first kappa shape index (κ1) is 40.1. The number of rotatable bonds is 8. The van der Waals surface area contributed by atoms with Crippen molar-refractivity contribution in [2.24, 2.45) is 0 Å². The predicted octanol–water partition coefficient (Wildman–Crippen LogP) is 14.0. The minimum absolute atomic E-state index is 1.13. The second-order valence-corrected chi connectivity index (χ2v) is 22.1. The van der Waals surface area contributed by atoms with Gasteiger partial charge in [0.1, 0.15) is 0 Å². The summed E-state index contributed by atoms with van der Waals surface area (Å²) in [5, 5.41) is 12.7. The first-order valence-electron chi connectivity index (χ1n) is 24.2. The number of benzene rings is 11. The molecule has 0 unspecified atom stereocenters. The third-order valence-corrected chi connectivity index (χ3v) is 19.6. The van der Waals surface area contributed by atoms with E-state index in [1.807, 2.05) is 0 Å². The second-order valence-electron chi connectivity index (χ2n) is 18.4. The minimum atomic E-state index is -3.32. The SMILES string of the molecule is c1ccc(-c2cccc(-n3c4ccccc4c4c(-n5c6ccccc6c6ccc(-n7c8ccccc8c8ccccc87)c([Si](c7ccccc7)(c7ccccc7)c7ccccc7)c65)cccc43)c2)cc1. The quantitative estimate of drug-likeness (QED) is 0.107. The van der Waals surface area contributed by atoms with Gasteiger partial charge in [-0.15, -0.1) is 0 Å². The number of para-hydroxylation sites is 4. The van der Waals surface area contributed by atoms with E-state index in [2.05, 4.69) is 287 Å². The molecule has 0 N–H and O–H groups in total. The zero-order valence-corrected chi connectivity index (χ0v) is 39.3. The van der Waals surface area contributed by atoms with Gasteiger partial charge in [-0.1, -0.05) is 218 Å². The lowest BCUT2D eigenvalue weighted by Gasteiger charge is -2.37. The molecule has 0 aliphatic carbocycles. The van der Waals surface area contributed by atoms with E-state index in [4.69, 9.17) is 0 Å². The molecule has 0 saturated carbocycles. The molecular weight excluding hydrogens is 863 g/mol. The average molecular weight is 908 g/mol. The summed E-state index contributed by atoms with van der Waals surface area (Å²) in [5.74, 6) is 0. The maximum atomic E-state index is 2.65. The van der Waals surface area contributed by atoms with Crippen molar-refractivity contribution < 1.29 is 0 Å². The topological polar surface area (TPSA) is 14.8 Å². The molecule has 4 heteroatoms. The molecule has 3 aromatic heterocycles. The van der Waals surface area contributed by atoms with Gasteiger partial charge in [0, 0.05) is 48.9 Å². The maximum absolute atomic E-state index is 3.32. The van der Waals surface area contributed by atoms with Crippen LogP contribution in [0.1, 0.15) is 0 Å². The summed E-state index contributed by atoms with van der Waals surface area (Å²) in [6.45, 7) is 0. The number of hydrogen-bond acceptors (Lipinski definition) is 0. The van der Waals surface area contributed by atoms with E-state index < -0.39 is 8.07 Å². The third kappa shape index (κ3) is 5.87. The van der Waals surface area contributed by atoms with Gasteiger partial charge in [0.2, 0.25) is 0 Å². The zero-order valence-electron chi connectivity index (χ0n) is 38.3. The summed E-state index contributed by atoms with van der Waals surface area (Å²) in [5.41, 5.74) is 12.9. The van der Waals surface area contributed by atoms with E-state index in [9.17, 15) is 0 Å². The van der Waals surface area contributed by atoms with Crippen molar-refractivity contribution in [3.05, 3.63) is 273 Å². The predicted molar refractivity (Wildman–Crippen MR) is 299 cm³/mol. The van der Waals surface area contributed by atoms with Crippen LogP contribution >= 0.6 is 0 Å². The second kappa shape index (κ2) is 16.1. The van der Waals surface area contributed by atoms with Gasteiger partial charge in [0.25, 0.3) is 0 Å². The lowest BCUT2D eigenvalue weighted by atomic mass is 10.1. The first-order valence-corrected chi connectivity index (χ1v) is 26.2. The highest BCUT2D eigenvalue weighted by atomic mass is 28.3. The standard InChI is InChI=1S/C66H45N3Si/c1-5-23-46(24-6-1)47-25-21-26-48(45-47)67-60-40-20-16-36-56(60)64-61(67)41-22-42-62(64)69-59-39-19-15-35-54(59)55-43-44-63(68-57-37-17-13-33-52(57)53-34-14-18-38-58(53)68)66(65(55)69)70(49-27-7-2-8-28-49,50-29-9-3-10-30-50)51-31-11-4-12-32-51/h1-45H. The van der Waals surface area contributed by atoms with Crippen molar-refractivity contribution in [3.8, 4) is 28.2 Å². The first-order chi connectivity index (χ1) is 34.8. The van der Waals surface area contributed by atoms with Gasteiger partial charge in [-0.3, -0.25) is 0 Å². The maximum Gasteiger partial charge on any atom is 0.184 e. The van der Waals surface area contributed by atoms with Crippen LogP contribution in [0.15, 0.2) is 273 Å².